The molecule has 6 heteroatoms. The third kappa shape index (κ3) is 3.99. The second kappa shape index (κ2) is 7.12. The number of hydrogen-bond acceptors (Lipinski definition) is 6. The van der Waals surface area contributed by atoms with Gasteiger partial charge in [0.15, 0.2) is 5.78 Å². The van der Waals surface area contributed by atoms with Gasteiger partial charge >= 0.3 is 5.97 Å². The van der Waals surface area contributed by atoms with E-state index >= 15 is 0 Å². The second-order valence-electron chi connectivity index (χ2n) is 6.07. The second-order valence-corrected chi connectivity index (χ2v) is 7.97. The van der Waals surface area contributed by atoms with Crippen molar-refractivity contribution in [2.75, 3.05) is 0 Å². The summed E-state index contributed by atoms with van der Waals surface area (Å²) in [6.45, 7) is 5.21. The Kier molecular flexibility index (Phi) is 5.37. The van der Waals surface area contributed by atoms with Crippen molar-refractivity contribution < 1.29 is 14.3 Å². The molecule has 0 bridgehead atoms. The van der Waals surface area contributed by atoms with Crippen molar-refractivity contribution in [3.63, 3.8) is 0 Å². The average molecular weight is 359 g/mol. The minimum absolute atomic E-state index is 0.246. The lowest BCUT2D eigenvalue weighted by Gasteiger charge is -2.26. The summed E-state index contributed by atoms with van der Waals surface area (Å²) in [7, 11) is 0. The molecule has 0 saturated carbocycles. The van der Waals surface area contributed by atoms with Crippen LogP contribution in [0.2, 0.25) is 0 Å². The fraction of sp³-hybridized carbons (Fsp3) is 0.278. The summed E-state index contributed by atoms with van der Waals surface area (Å²) >= 11 is 2.58. The van der Waals surface area contributed by atoms with Crippen molar-refractivity contribution in [2.24, 2.45) is 0 Å². The maximum absolute atomic E-state index is 12.7. The molecule has 0 aliphatic rings. The molecule has 124 valence electrons. The van der Waals surface area contributed by atoms with Gasteiger partial charge in [-0.25, -0.2) is 4.79 Å². The van der Waals surface area contributed by atoms with Gasteiger partial charge in [-0.05, 0) is 55.8 Å². The van der Waals surface area contributed by atoms with Gasteiger partial charge in [-0.3, -0.25) is 4.79 Å². The van der Waals surface area contributed by atoms with E-state index in [1.54, 1.807) is 55.8 Å². The summed E-state index contributed by atoms with van der Waals surface area (Å²) < 4.78 is 5.43. The van der Waals surface area contributed by atoms with E-state index in [-0.39, 0.29) is 5.78 Å². The van der Waals surface area contributed by atoms with Crippen LogP contribution >= 0.6 is 22.7 Å². The molecule has 2 rings (SSSR count). The number of nitriles is 1. The van der Waals surface area contributed by atoms with Crippen molar-refractivity contribution in [3.05, 3.63) is 56.9 Å². The topological polar surface area (TPSA) is 67.2 Å². The Hall–Kier alpha value is -2.23. The highest BCUT2D eigenvalue weighted by Gasteiger charge is 2.43. The Morgan fingerprint density at radius 2 is 1.83 bits per heavy atom. The molecule has 0 N–H and O–H groups in total. The highest BCUT2D eigenvalue weighted by Crippen LogP contribution is 2.32. The smallest absolute Gasteiger partial charge is 0.336 e. The molecule has 2 aromatic heterocycles. The van der Waals surface area contributed by atoms with Gasteiger partial charge in [-0.1, -0.05) is 12.1 Å². The van der Waals surface area contributed by atoms with E-state index in [1.807, 2.05) is 6.07 Å². The van der Waals surface area contributed by atoms with Gasteiger partial charge in [0, 0.05) is 4.88 Å². The Morgan fingerprint density at radius 3 is 2.33 bits per heavy atom. The first-order valence-electron chi connectivity index (χ1n) is 7.24. The maximum atomic E-state index is 12.7. The van der Waals surface area contributed by atoms with Gasteiger partial charge in [-0.2, -0.15) is 5.26 Å². The van der Waals surface area contributed by atoms with Crippen molar-refractivity contribution >= 4 is 34.4 Å². The normalized spacial score (nSPS) is 14.1. The molecular formula is C18H17NO3S2. The first kappa shape index (κ1) is 18.1. The zero-order valence-corrected chi connectivity index (χ0v) is 15.2. The lowest BCUT2D eigenvalue weighted by Crippen LogP contribution is -2.38. The number of carbonyl (C=O) groups is 2. The molecule has 0 radical (unpaired) electrons. The molecule has 0 saturated heterocycles. The Labute approximate surface area is 149 Å². The van der Waals surface area contributed by atoms with Gasteiger partial charge in [0.1, 0.15) is 5.60 Å². The molecule has 2 heterocycles. The summed E-state index contributed by atoms with van der Waals surface area (Å²) in [5, 5.41) is 13.3. The largest absolute Gasteiger partial charge is 0.458 e. The maximum Gasteiger partial charge on any atom is 0.336 e. The Bertz CT molecular complexity index is 777. The van der Waals surface area contributed by atoms with Crippen LogP contribution in [0.25, 0.3) is 0 Å². The van der Waals surface area contributed by atoms with Gasteiger partial charge in [0.2, 0.25) is 5.41 Å². The van der Waals surface area contributed by atoms with Crippen molar-refractivity contribution in [1.29, 1.82) is 5.26 Å². The van der Waals surface area contributed by atoms with Crippen LogP contribution in [0, 0.1) is 11.3 Å². The standard InChI is InChI=1S/C18H17NO3S2/c1-17(2,3)22-16(21)18(12-19,15-7-5-11-24-15)9-8-13(20)14-6-4-10-23-14/h4-11H,1-3H3/b9-8-/t18-/m0/s1. The lowest BCUT2D eigenvalue weighted by molar-refractivity contribution is -0.157. The van der Waals surface area contributed by atoms with E-state index in [9.17, 15) is 14.9 Å². The molecule has 0 unspecified atom stereocenters. The number of nitrogens with zero attached hydrogens (tertiary/aromatic N) is 1. The number of thiophene rings is 2. The van der Waals surface area contributed by atoms with E-state index in [1.165, 1.54) is 34.8 Å². The van der Waals surface area contributed by atoms with Crippen molar-refractivity contribution in [1.82, 2.24) is 0 Å². The lowest BCUT2D eigenvalue weighted by atomic mass is 9.87. The Morgan fingerprint density at radius 1 is 1.17 bits per heavy atom. The molecular weight excluding hydrogens is 342 g/mol. The zero-order valence-electron chi connectivity index (χ0n) is 13.6. The summed E-state index contributed by atoms with van der Waals surface area (Å²) in [5.41, 5.74) is -2.36. The van der Waals surface area contributed by atoms with Crippen LogP contribution in [0.3, 0.4) is 0 Å². The minimum atomic E-state index is -1.63. The quantitative estimate of drug-likeness (QED) is 0.452. The summed E-state index contributed by atoms with van der Waals surface area (Å²) in [4.78, 5) is 26.0. The monoisotopic (exact) mass is 359 g/mol. The van der Waals surface area contributed by atoms with Gasteiger partial charge in [0.05, 0.1) is 10.9 Å². The minimum Gasteiger partial charge on any atom is -0.458 e. The van der Waals surface area contributed by atoms with Crippen LogP contribution in [0.1, 0.15) is 35.3 Å². The van der Waals surface area contributed by atoms with Gasteiger partial charge in [-0.15, -0.1) is 22.7 Å². The number of ketones is 1. The molecule has 24 heavy (non-hydrogen) atoms. The van der Waals surface area contributed by atoms with E-state index in [0.717, 1.165) is 0 Å². The number of hydrogen-bond donors (Lipinski definition) is 0. The third-order valence-corrected chi connectivity index (χ3v) is 4.95. The van der Waals surface area contributed by atoms with E-state index in [0.29, 0.717) is 9.75 Å². The first-order valence-corrected chi connectivity index (χ1v) is 9.00. The van der Waals surface area contributed by atoms with Crippen LogP contribution in [-0.2, 0) is 14.9 Å². The number of allylic oxidation sites excluding steroid dienone is 1. The summed E-state index contributed by atoms with van der Waals surface area (Å²) in [5.74, 6) is -0.931. The van der Waals surface area contributed by atoms with Crippen LogP contribution in [0.5, 0.6) is 0 Å². The molecule has 0 aliphatic heterocycles. The zero-order chi connectivity index (χ0) is 17.8. The molecule has 0 spiro atoms. The summed E-state index contributed by atoms with van der Waals surface area (Å²) in [6.07, 6.45) is 2.62. The predicted molar refractivity (Wildman–Crippen MR) is 95.2 cm³/mol. The van der Waals surface area contributed by atoms with Crippen molar-refractivity contribution in [2.45, 2.75) is 31.8 Å². The number of ether oxygens (including phenoxy) is 1. The Balaban J connectivity index is 2.42. The predicted octanol–water partition coefficient (Wildman–Crippen LogP) is 4.35. The molecule has 1 atom stereocenters. The van der Waals surface area contributed by atoms with Gasteiger partial charge in [0.25, 0.3) is 0 Å². The van der Waals surface area contributed by atoms with Gasteiger partial charge < -0.3 is 4.74 Å². The fourth-order valence-electron chi connectivity index (χ4n) is 1.95. The van der Waals surface area contributed by atoms with Crippen LogP contribution in [-0.4, -0.2) is 17.4 Å². The number of esters is 1. The molecule has 4 nitrogen and oxygen atoms in total. The van der Waals surface area contributed by atoms with Crippen LogP contribution in [0.15, 0.2) is 47.2 Å². The molecule has 0 fully saturated rings. The number of carbonyl (C=O) groups excluding carboxylic acids is 2. The van der Waals surface area contributed by atoms with Crippen LogP contribution < -0.4 is 0 Å². The number of rotatable bonds is 5. The van der Waals surface area contributed by atoms with E-state index in [4.69, 9.17) is 4.74 Å². The first-order chi connectivity index (χ1) is 11.3. The van der Waals surface area contributed by atoms with E-state index < -0.39 is 17.0 Å². The van der Waals surface area contributed by atoms with Crippen molar-refractivity contribution in [3.8, 4) is 6.07 Å². The molecule has 0 aromatic carbocycles. The highest BCUT2D eigenvalue weighted by atomic mass is 32.1. The average Bonchev–Trinajstić information content (AvgIpc) is 3.20. The molecule has 0 aliphatic carbocycles. The summed E-state index contributed by atoms with van der Waals surface area (Å²) in [6, 6.07) is 8.96. The van der Waals surface area contributed by atoms with Crippen LogP contribution in [0.4, 0.5) is 0 Å². The molecule has 0 amide bonds. The fourth-order valence-corrected chi connectivity index (χ4v) is 3.44. The van der Waals surface area contributed by atoms with E-state index in [2.05, 4.69) is 0 Å². The molecule has 2 aromatic rings. The third-order valence-electron chi connectivity index (χ3n) is 3.06. The SMILES string of the molecule is CC(C)(C)OC(=O)[C@](C#N)(/C=C\C(=O)c1cccs1)c1cccs1. The highest BCUT2D eigenvalue weighted by molar-refractivity contribution is 7.12.